The van der Waals surface area contributed by atoms with Crippen LogP contribution >= 0.6 is 8.25 Å². The Kier molecular flexibility index (Phi) is 5.25. The Hall–Kier alpha value is -0.350. The first kappa shape index (κ1) is 9.65. The molecule has 0 aromatic rings. The molecule has 0 rings (SSSR count). The van der Waals surface area contributed by atoms with Crippen LogP contribution in [0.15, 0.2) is 0 Å². The van der Waals surface area contributed by atoms with Crippen molar-refractivity contribution in [3.8, 4) is 0 Å². The van der Waals surface area contributed by atoms with Crippen molar-refractivity contribution >= 4 is 14.0 Å². The highest BCUT2D eigenvalue weighted by Gasteiger charge is 2.14. The van der Waals surface area contributed by atoms with E-state index in [0.717, 1.165) is 0 Å². The maximum Gasteiger partial charge on any atom is 0.695 e. The van der Waals surface area contributed by atoms with Crippen LogP contribution in [0, 0.1) is 0 Å². The molecule has 1 atom stereocenters. The first-order valence-corrected chi connectivity index (χ1v) is 3.59. The highest BCUT2D eigenvalue weighted by molar-refractivity contribution is 7.32. The van der Waals surface area contributed by atoms with Crippen molar-refractivity contribution in [2.24, 2.45) is 0 Å². The second-order valence-corrected chi connectivity index (χ2v) is 2.22. The molecule has 0 bridgehead atoms. The lowest BCUT2D eigenvalue weighted by molar-refractivity contribution is -0.124. The lowest BCUT2D eigenvalue weighted by atomic mass is 10.5. The van der Waals surface area contributed by atoms with Crippen molar-refractivity contribution < 1.29 is 23.5 Å². The highest BCUT2D eigenvalue weighted by Crippen LogP contribution is 2.13. The van der Waals surface area contributed by atoms with Crippen molar-refractivity contribution in [1.29, 1.82) is 0 Å². The van der Waals surface area contributed by atoms with Gasteiger partial charge in [0.15, 0.2) is 12.4 Å². The number of ketones is 1. The molecule has 0 amide bonds. The van der Waals surface area contributed by atoms with Gasteiger partial charge in [-0.2, -0.15) is 0 Å². The van der Waals surface area contributed by atoms with E-state index in [4.69, 9.17) is 4.89 Å². The number of hydrogen-bond donors (Lipinski definition) is 1. The third-order valence-corrected chi connectivity index (χ3v) is 0.991. The van der Waals surface area contributed by atoms with Crippen molar-refractivity contribution in [1.82, 2.24) is 0 Å². The fourth-order valence-electron chi connectivity index (χ4n) is 0.330. The fraction of sp³-hybridized carbons (Fsp3) is 0.750. The Morgan fingerprint density at radius 2 is 2.20 bits per heavy atom. The summed E-state index contributed by atoms with van der Waals surface area (Å²) in [5, 5.41) is 0. The smallest absolute Gasteiger partial charge is 0.377 e. The lowest BCUT2D eigenvalue weighted by Crippen LogP contribution is -2.11. The maximum atomic E-state index is 10.5. The van der Waals surface area contributed by atoms with Crippen LogP contribution in [0.4, 0.5) is 0 Å². The minimum absolute atomic E-state index is 0.0941. The molecule has 0 aromatic heterocycles. The van der Waals surface area contributed by atoms with E-state index in [9.17, 15) is 9.36 Å². The summed E-state index contributed by atoms with van der Waals surface area (Å²) < 4.78 is 18.4. The largest absolute Gasteiger partial charge is 0.695 e. The van der Waals surface area contributed by atoms with Crippen LogP contribution in [0.3, 0.4) is 0 Å². The molecule has 0 aliphatic rings. The van der Waals surface area contributed by atoms with E-state index in [1.807, 2.05) is 0 Å². The predicted octanol–water partition coefficient (Wildman–Crippen LogP) is -0.132. The van der Waals surface area contributed by atoms with Crippen molar-refractivity contribution in [3.63, 3.8) is 0 Å². The SMILES string of the molecule is COCC(=O)CO[P+](=O)O. The average molecular weight is 167 g/mol. The van der Waals surface area contributed by atoms with Gasteiger partial charge in [-0.3, -0.25) is 4.79 Å². The number of carbonyl (C=O) groups is 1. The Morgan fingerprint density at radius 3 is 2.60 bits per heavy atom. The van der Waals surface area contributed by atoms with E-state index in [1.165, 1.54) is 7.11 Å². The standard InChI is InChI=1S/C4H7O5P/c1-8-2-4(5)3-9-10(6)7/h2-3H2,1H3/p+1. The van der Waals surface area contributed by atoms with E-state index in [1.54, 1.807) is 0 Å². The molecule has 0 fully saturated rings. The first-order valence-electron chi connectivity index (χ1n) is 2.46. The van der Waals surface area contributed by atoms with Gasteiger partial charge >= 0.3 is 8.25 Å². The Labute approximate surface area is 58.9 Å². The number of rotatable bonds is 5. The highest BCUT2D eigenvalue weighted by atomic mass is 31.1. The van der Waals surface area contributed by atoms with Gasteiger partial charge in [-0.15, -0.1) is 9.42 Å². The third kappa shape index (κ3) is 5.78. The second-order valence-electron chi connectivity index (χ2n) is 1.48. The Morgan fingerprint density at radius 1 is 1.60 bits per heavy atom. The van der Waals surface area contributed by atoms with E-state index >= 15 is 0 Å². The molecule has 0 saturated carbocycles. The number of hydrogen-bond acceptors (Lipinski definition) is 4. The summed E-state index contributed by atoms with van der Waals surface area (Å²) in [4.78, 5) is 18.5. The summed E-state index contributed by atoms with van der Waals surface area (Å²) in [6, 6.07) is 0. The summed E-state index contributed by atoms with van der Waals surface area (Å²) in [6.07, 6.45) is 0. The van der Waals surface area contributed by atoms with E-state index < -0.39 is 8.25 Å². The van der Waals surface area contributed by atoms with E-state index in [0.29, 0.717) is 0 Å². The lowest BCUT2D eigenvalue weighted by Gasteiger charge is -1.90. The topological polar surface area (TPSA) is 72.8 Å². The quantitative estimate of drug-likeness (QED) is 0.577. The van der Waals surface area contributed by atoms with Crippen molar-refractivity contribution in [2.45, 2.75) is 0 Å². The van der Waals surface area contributed by atoms with Crippen LogP contribution in [0.25, 0.3) is 0 Å². The summed E-state index contributed by atoms with van der Waals surface area (Å²) in [5.41, 5.74) is 0. The molecule has 0 aliphatic carbocycles. The Balaban J connectivity index is 3.30. The molecule has 58 valence electrons. The zero-order valence-electron chi connectivity index (χ0n) is 5.44. The van der Waals surface area contributed by atoms with Gasteiger partial charge in [0.25, 0.3) is 0 Å². The van der Waals surface area contributed by atoms with Gasteiger partial charge < -0.3 is 4.74 Å². The molecule has 0 aromatic carbocycles. The van der Waals surface area contributed by atoms with E-state index in [2.05, 4.69) is 9.26 Å². The summed E-state index contributed by atoms with van der Waals surface area (Å²) in [6.45, 7) is -0.470. The molecular weight excluding hydrogens is 159 g/mol. The van der Waals surface area contributed by atoms with Gasteiger partial charge in [0.05, 0.1) is 0 Å². The minimum atomic E-state index is -2.67. The minimum Gasteiger partial charge on any atom is -0.377 e. The van der Waals surface area contributed by atoms with E-state index in [-0.39, 0.29) is 19.0 Å². The van der Waals surface area contributed by atoms with Crippen molar-refractivity contribution in [3.05, 3.63) is 0 Å². The average Bonchev–Trinajstić information content (AvgIpc) is 1.85. The fourth-order valence-corrected chi connectivity index (χ4v) is 0.584. The molecule has 0 heterocycles. The summed E-state index contributed by atoms with van der Waals surface area (Å²) in [7, 11) is -1.31. The molecular formula is C4H8O5P+. The molecule has 0 radical (unpaired) electrons. The molecule has 1 unspecified atom stereocenters. The second kappa shape index (κ2) is 5.44. The van der Waals surface area contributed by atoms with Gasteiger partial charge in [0, 0.05) is 11.7 Å². The zero-order valence-corrected chi connectivity index (χ0v) is 6.34. The van der Waals surface area contributed by atoms with Crippen LogP contribution in [0.2, 0.25) is 0 Å². The number of carbonyl (C=O) groups excluding carboxylic acids is 1. The number of Topliss-reactive ketones (excluding diaryl/α,β-unsaturated/α-hetero) is 1. The van der Waals surface area contributed by atoms with Crippen LogP contribution in [0.5, 0.6) is 0 Å². The molecule has 0 aliphatic heterocycles. The summed E-state index contributed by atoms with van der Waals surface area (Å²) in [5.74, 6) is -0.361. The van der Waals surface area contributed by atoms with Crippen LogP contribution in [0.1, 0.15) is 0 Å². The summed E-state index contributed by atoms with van der Waals surface area (Å²) >= 11 is 0. The normalized spacial score (nSPS) is 11.2. The molecule has 0 spiro atoms. The molecule has 1 N–H and O–H groups in total. The van der Waals surface area contributed by atoms with Gasteiger partial charge in [0.2, 0.25) is 0 Å². The van der Waals surface area contributed by atoms with Gasteiger partial charge in [-0.25, -0.2) is 0 Å². The maximum absolute atomic E-state index is 10.5. The molecule has 10 heavy (non-hydrogen) atoms. The molecule has 0 saturated heterocycles. The van der Waals surface area contributed by atoms with Gasteiger partial charge in [-0.05, 0) is 0 Å². The molecule has 6 heteroatoms. The number of ether oxygens (including phenoxy) is 1. The first-order chi connectivity index (χ1) is 4.66. The predicted molar refractivity (Wildman–Crippen MR) is 32.7 cm³/mol. The zero-order chi connectivity index (χ0) is 7.98. The van der Waals surface area contributed by atoms with Crippen LogP contribution in [-0.2, 0) is 18.6 Å². The third-order valence-electron chi connectivity index (χ3n) is 0.641. The number of methoxy groups -OCH3 is 1. The van der Waals surface area contributed by atoms with Gasteiger partial charge in [-0.1, -0.05) is 0 Å². The monoisotopic (exact) mass is 167 g/mol. The van der Waals surface area contributed by atoms with Crippen LogP contribution < -0.4 is 0 Å². The van der Waals surface area contributed by atoms with Crippen molar-refractivity contribution in [2.75, 3.05) is 20.3 Å². The van der Waals surface area contributed by atoms with Crippen LogP contribution in [-0.4, -0.2) is 31.0 Å². The van der Waals surface area contributed by atoms with Gasteiger partial charge in [0.1, 0.15) is 6.61 Å². The Bertz CT molecular complexity index is 134. The molecule has 5 nitrogen and oxygen atoms in total.